The molecule has 2 amide bonds. The van der Waals surface area contributed by atoms with Crippen LogP contribution in [0.5, 0.6) is 0 Å². The molecule has 0 radical (unpaired) electrons. The minimum absolute atomic E-state index is 0.161. The van der Waals surface area contributed by atoms with Crippen LogP contribution in [0.25, 0.3) is 0 Å². The first-order valence-electron chi connectivity index (χ1n) is 7.52. The van der Waals surface area contributed by atoms with Gasteiger partial charge in [0, 0.05) is 0 Å². The van der Waals surface area contributed by atoms with E-state index in [1.165, 1.54) is 18.2 Å². The summed E-state index contributed by atoms with van der Waals surface area (Å²) in [7, 11) is 0. The second-order valence-corrected chi connectivity index (χ2v) is 5.69. The minimum Gasteiger partial charge on any atom is -0.330 e. The second-order valence-electron chi connectivity index (χ2n) is 5.69. The summed E-state index contributed by atoms with van der Waals surface area (Å²) >= 11 is 0. The third kappa shape index (κ3) is 3.13. The van der Waals surface area contributed by atoms with Gasteiger partial charge in [-0.25, -0.2) is 13.6 Å². The smallest absolute Gasteiger partial charge is 0.330 e. The van der Waals surface area contributed by atoms with Crippen molar-refractivity contribution >= 4 is 17.8 Å². The number of benzene rings is 2. The maximum absolute atomic E-state index is 13.3. The lowest BCUT2D eigenvalue weighted by atomic mass is 9.98. The first-order chi connectivity index (χ1) is 11.9. The first kappa shape index (κ1) is 16.8. The molecule has 1 heterocycles. The fourth-order valence-corrected chi connectivity index (χ4v) is 2.58. The van der Waals surface area contributed by atoms with Crippen LogP contribution in [0.2, 0.25) is 0 Å². The van der Waals surface area contributed by atoms with Crippen molar-refractivity contribution < 1.29 is 28.0 Å². The summed E-state index contributed by atoms with van der Waals surface area (Å²) in [5, 5.41) is 0.422. The molecule has 1 unspecified atom stereocenters. The van der Waals surface area contributed by atoms with Crippen molar-refractivity contribution in [3.05, 3.63) is 70.8 Å². The molecule has 0 bridgehead atoms. The van der Waals surface area contributed by atoms with Crippen molar-refractivity contribution in [1.82, 2.24) is 5.06 Å². The molecular formula is C18H13F2NO4. The van der Waals surface area contributed by atoms with Gasteiger partial charge in [0.15, 0.2) is 11.6 Å². The minimum atomic E-state index is -1.02. The van der Waals surface area contributed by atoms with Crippen LogP contribution < -0.4 is 0 Å². The van der Waals surface area contributed by atoms with Crippen molar-refractivity contribution in [3.8, 4) is 0 Å². The number of hydroxylamine groups is 2. The van der Waals surface area contributed by atoms with Crippen LogP contribution in [0.3, 0.4) is 0 Å². The predicted octanol–water partition coefficient (Wildman–Crippen LogP) is 3.21. The standard InChI is InChI=1S/C18H13F2NO4/c1-10(11-6-7-14(19)15(20)9-11)8-16(22)25-21-17(23)12-4-2-3-5-13(12)18(21)24/h2-7,9-10H,8H2,1H3. The molecule has 1 atom stereocenters. The maximum Gasteiger partial charge on any atom is 0.333 e. The molecule has 2 aromatic carbocycles. The summed E-state index contributed by atoms with van der Waals surface area (Å²) in [4.78, 5) is 41.2. The number of nitrogens with zero attached hydrogens (tertiary/aromatic N) is 1. The van der Waals surface area contributed by atoms with Crippen molar-refractivity contribution in [3.63, 3.8) is 0 Å². The number of halogens is 2. The summed E-state index contributed by atoms with van der Waals surface area (Å²) in [6, 6.07) is 9.45. The summed E-state index contributed by atoms with van der Waals surface area (Å²) in [6.07, 6.45) is -0.210. The maximum atomic E-state index is 13.3. The van der Waals surface area contributed by atoms with Gasteiger partial charge in [-0.2, -0.15) is 0 Å². The van der Waals surface area contributed by atoms with E-state index in [9.17, 15) is 23.2 Å². The largest absolute Gasteiger partial charge is 0.333 e. The number of hydrogen-bond donors (Lipinski definition) is 0. The molecule has 0 saturated carbocycles. The van der Waals surface area contributed by atoms with Gasteiger partial charge in [-0.05, 0) is 35.7 Å². The quantitative estimate of drug-likeness (QED) is 0.798. The molecule has 25 heavy (non-hydrogen) atoms. The van der Waals surface area contributed by atoms with E-state index in [1.807, 2.05) is 0 Å². The summed E-state index contributed by atoms with van der Waals surface area (Å²) < 4.78 is 26.2. The van der Waals surface area contributed by atoms with Gasteiger partial charge < -0.3 is 4.84 Å². The highest BCUT2D eigenvalue weighted by molar-refractivity contribution is 6.20. The van der Waals surface area contributed by atoms with Gasteiger partial charge in [0.05, 0.1) is 17.5 Å². The van der Waals surface area contributed by atoms with E-state index in [0.717, 1.165) is 12.1 Å². The van der Waals surface area contributed by atoms with Crippen molar-refractivity contribution in [2.24, 2.45) is 0 Å². The lowest BCUT2D eigenvalue weighted by Crippen LogP contribution is -2.33. The summed E-state index contributed by atoms with van der Waals surface area (Å²) in [5.41, 5.74) is 0.723. The van der Waals surface area contributed by atoms with Gasteiger partial charge in [0.1, 0.15) is 0 Å². The Balaban J connectivity index is 1.68. The molecule has 3 rings (SSSR count). The van der Waals surface area contributed by atoms with Crippen molar-refractivity contribution in [2.45, 2.75) is 19.3 Å². The Morgan fingerprint density at radius 3 is 2.20 bits per heavy atom. The van der Waals surface area contributed by atoms with E-state index in [0.29, 0.717) is 10.6 Å². The molecule has 128 valence electrons. The Labute approximate surface area is 141 Å². The van der Waals surface area contributed by atoms with E-state index < -0.39 is 35.3 Å². The Morgan fingerprint density at radius 1 is 1.04 bits per heavy atom. The molecule has 0 aromatic heterocycles. The van der Waals surface area contributed by atoms with Crippen LogP contribution in [-0.2, 0) is 9.63 Å². The summed E-state index contributed by atoms with van der Waals surface area (Å²) in [6.45, 7) is 1.62. The van der Waals surface area contributed by atoms with E-state index in [2.05, 4.69) is 0 Å². The number of carbonyl (C=O) groups excluding carboxylic acids is 3. The van der Waals surface area contributed by atoms with E-state index in [-0.39, 0.29) is 17.5 Å². The monoisotopic (exact) mass is 345 g/mol. The number of rotatable bonds is 4. The molecule has 0 fully saturated rings. The van der Waals surface area contributed by atoms with Crippen molar-refractivity contribution in [1.29, 1.82) is 0 Å². The van der Waals surface area contributed by atoms with Crippen LogP contribution in [0.4, 0.5) is 8.78 Å². The van der Waals surface area contributed by atoms with Gasteiger partial charge in [0.25, 0.3) is 11.8 Å². The topological polar surface area (TPSA) is 63.7 Å². The fourth-order valence-electron chi connectivity index (χ4n) is 2.58. The third-order valence-electron chi connectivity index (χ3n) is 3.94. The molecular weight excluding hydrogens is 332 g/mol. The molecule has 0 aliphatic carbocycles. The van der Waals surface area contributed by atoms with Crippen molar-refractivity contribution in [2.75, 3.05) is 0 Å². The highest BCUT2D eigenvalue weighted by atomic mass is 19.2. The van der Waals surface area contributed by atoms with E-state index in [1.54, 1.807) is 19.1 Å². The predicted molar refractivity (Wildman–Crippen MR) is 82.4 cm³/mol. The van der Waals surface area contributed by atoms with Gasteiger partial charge >= 0.3 is 5.97 Å². The Morgan fingerprint density at radius 2 is 1.64 bits per heavy atom. The lowest BCUT2D eigenvalue weighted by molar-refractivity contribution is -0.168. The highest BCUT2D eigenvalue weighted by Crippen LogP contribution is 2.25. The Hall–Kier alpha value is -3.09. The molecule has 2 aromatic rings. The summed E-state index contributed by atoms with van der Waals surface area (Å²) in [5.74, 6) is -4.74. The van der Waals surface area contributed by atoms with Gasteiger partial charge in [0.2, 0.25) is 0 Å². The number of carbonyl (C=O) groups is 3. The van der Waals surface area contributed by atoms with E-state index >= 15 is 0 Å². The van der Waals surface area contributed by atoms with Gasteiger partial charge in [-0.15, -0.1) is 0 Å². The Bertz CT molecular complexity index is 846. The van der Waals surface area contributed by atoms with Crippen LogP contribution in [-0.4, -0.2) is 22.8 Å². The Kier molecular flexibility index (Phi) is 4.31. The molecule has 5 nitrogen and oxygen atoms in total. The third-order valence-corrected chi connectivity index (χ3v) is 3.94. The number of amides is 2. The van der Waals surface area contributed by atoms with Crippen LogP contribution in [0, 0.1) is 11.6 Å². The number of imide groups is 1. The molecule has 1 aliphatic rings. The second kappa shape index (κ2) is 6.43. The van der Waals surface area contributed by atoms with Crippen LogP contribution in [0.1, 0.15) is 45.5 Å². The normalized spacial score (nSPS) is 14.4. The van der Waals surface area contributed by atoms with E-state index in [4.69, 9.17) is 4.84 Å². The van der Waals surface area contributed by atoms with Crippen LogP contribution >= 0.6 is 0 Å². The zero-order chi connectivity index (χ0) is 18.1. The number of fused-ring (bicyclic) bond motifs is 1. The molecule has 1 aliphatic heterocycles. The molecule has 0 saturated heterocycles. The first-order valence-corrected chi connectivity index (χ1v) is 7.52. The lowest BCUT2D eigenvalue weighted by Gasteiger charge is -2.15. The SMILES string of the molecule is CC(CC(=O)ON1C(=O)c2ccccc2C1=O)c1ccc(F)c(F)c1. The van der Waals surface area contributed by atoms with Gasteiger partial charge in [-0.3, -0.25) is 9.59 Å². The molecule has 0 spiro atoms. The highest BCUT2D eigenvalue weighted by Gasteiger charge is 2.38. The zero-order valence-electron chi connectivity index (χ0n) is 13.2. The molecule has 0 N–H and O–H groups in total. The average Bonchev–Trinajstić information content (AvgIpc) is 2.82. The average molecular weight is 345 g/mol. The van der Waals surface area contributed by atoms with Crippen LogP contribution in [0.15, 0.2) is 42.5 Å². The van der Waals surface area contributed by atoms with Gasteiger partial charge in [-0.1, -0.05) is 30.2 Å². The zero-order valence-corrected chi connectivity index (χ0v) is 13.2. The fraction of sp³-hybridized carbons (Fsp3) is 0.167. The number of hydrogen-bond acceptors (Lipinski definition) is 4. The molecule has 7 heteroatoms.